The molecule has 182 valence electrons. The summed E-state index contributed by atoms with van der Waals surface area (Å²) in [4.78, 5) is 13.3. The predicted octanol–water partition coefficient (Wildman–Crippen LogP) is 5.98. The predicted molar refractivity (Wildman–Crippen MR) is 134 cm³/mol. The van der Waals surface area contributed by atoms with Crippen LogP contribution in [0.2, 0.25) is 5.02 Å². The smallest absolute Gasteiger partial charge is 0.316 e. The van der Waals surface area contributed by atoms with Gasteiger partial charge in [0.1, 0.15) is 6.29 Å². The average Bonchev–Trinajstić information content (AvgIpc) is 3.26. The van der Waals surface area contributed by atoms with Crippen LogP contribution in [0.5, 0.6) is 0 Å². The number of carbonyl (C=O) groups is 1. The maximum atomic E-state index is 10.9. The maximum absolute atomic E-state index is 10.9. The Morgan fingerprint density at radius 3 is 2.36 bits per heavy atom. The molecule has 1 N–H and O–H groups in total. The van der Waals surface area contributed by atoms with Gasteiger partial charge in [-0.05, 0) is 81.3 Å². The summed E-state index contributed by atoms with van der Waals surface area (Å²) in [7, 11) is 2.19. The van der Waals surface area contributed by atoms with E-state index in [4.69, 9.17) is 16.0 Å². The van der Waals surface area contributed by atoms with Gasteiger partial charge in [0.25, 0.3) is 0 Å². The maximum Gasteiger partial charge on any atom is 0.316 e. The number of aldehydes is 1. The molecule has 4 rings (SSSR count). The zero-order valence-electron chi connectivity index (χ0n) is 20.3. The summed E-state index contributed by atoms with van der Waals surface area (Å²) >= 11 is 5.87. The minimum Gasteiger partial charge on any atom is -0.408 e. The minimum absolute atomic E-state index is 0.200. The van der Waals surface area contributed by atoms with Crippen molar-refractivity contribution in [3.63, 3.8) is 0 Å². The number of piperidine rings is 1. The van der Waals surface area contributed by atoms with E-state index < -0.39 is 0 Å². The molecule has 2 aromatic rings. The van der Waals surface area contributed by atoms with Crippen LogP contribution in [-0.2, 0) is 11.2 Å². The first kappa shape index (κ1) is 25.7. The summed E-state index contributed by atoms with van der Waals surface area (Å²) < 4.78 is 5.58. The average molecular weight is 475 g/mol. The first-order valence-corrected chi connectivity index (χ1v) is 12.8. The Labute approximate surface area is 203 Å². The molecule has 1 aromatic carbocycles. The van der Waals surface area contributed by atoms with E-state index in [1.807, 2.05) is 26.0 Å². The van der Waals surface area contributed by atoms with Crippen molar-refractivity contribution in [2.24, 2.45) is 11.8 Å². The Bertz CT molecular complexity index is 825. The molecule has 33 heavy (non-hydrogen) atoms. The number of rotatable bonds is 7. The quantitative estimate of drug-likeness (QED) is 0.498. The van der Waals surface area contributed by atoms with Gasteiger partial charge in [-0.2, -0.15) is 0 Å². The number of hydrogen-bond donors (Lipinski definition) is 1. The molecule has 2 fully saturated rings. The number of aromatic nitrogens is 2. The van der Waals surface area contributed by atoms with Gasteiger partial charge in [-0.3, -0.25) is 0 Å². The number of carbonyl (C=O) groups excluding carboxylic acids is 1. The lowest BCUT2D eigenvalue weighted by molar-refractivity contribution is -0.109. The second-order valence-electron chi connectivity index (χ2n) is 9.89. The highest BCUT2D eigenvalue weighted by Gasteiger charge is 2.20. The molecule has 0 spiro atoms. The second-order valence-corrected chi connectivity index (χ2v) is 10.3. The molecular formula is C26H39ClN4O2. The summed E-state index contributed by atoms with van der Waals surface area (Å²) in [6.07, 6.45) is 10.8. The standard InChI is InChI=1S/C14H23N3O2.C12H16ClN/c1-10(2)12(9-18)15-14-17-16-13(19-14)8-11-6-4-3-5-7-11;1-14-8-6-11(7-9-14)10-2-4-12(13)5-3-10/h9-12H,3-8H2,1-2H3,(H,15,17);2-5,11H,6-9H2,1H3. The van der Waals surface area contributed by atoms with Gasteiger partial charge in [0.2, 0.25) is 5.89 Å². The third kappa shape index (κ3) is 8.42. The molecule has 0 radical (unpaired) electrons. The molecule has 1 aliphatic heterocycles. The molecule has 0 amide bonds. The summed E-state index contributed by atoms with van der Waals surface area (Å²) in [5.74, 6) is 2.30. The fraction of sp³-hybridized carbons (Fsp3) is 0.654. The summed E-state index contributed by atoms with van der Waals surface area (Å²) in [5, 5.41) is 11.8. The van der Waals surface area contributed by atoms with Gasteiger partial charge >= 0.3 is 6.01 Å². The van der Waals surface area contributed by atoms with Crippen LogP contribution in [0.25, 0.3) is 0 Å². The van der Waals surface area contributed by atoms with E-state index in [9.17, 15) is 4.79 Å². The van der Waals surface area contributed by atoms with Crippen LogP contribution in [0.15, 0.2) is 28.7 Å². The van der Waals surface area contributed by atoms with Gasteiger partial charge in [-0.1, -0.05) is 61.9 Å². The van der Waals surface area contributed by atoms with E-state index >= 15 is 0 Å². The van der Waals surface area contributed by atoms with E-state index in [0.29, 0.717) is 17.8 Å². The van der Waals surface area contributed by atoms with Crippen molar-refractivity contribution in [1.82, 2.24) is 15.1 Å². The molecule has 1 atom stereocenters. The lowest BCUT2D eigenvalue weighted by Crippen LogP contribution is -2.29. The van der Waals surface area contributed by atoms with Crippen LogP contribution in [-0.4, -0.2) is 47.6 Å². The monoisotopic (exact) mass is 474 g/mol. The number of anilines is 1. The van der Waals surface area contributed by atoms with Crippen LogP contribution >= 0.6 is 11.6 Å². The van der Waals surface area contributed by atoms with E-state index in [-0.39, 0.29) is 12.0 Å². The van der Waals surface area contributed by atoms with Crippen LogP contribution in [0, 0.1) is 11.8 Å². The summed E-state index contributed by atoms with van der Waals surface area (Å²) in [5.41, 5.74) is 1.45. The molecule has 1 unspecified atom stereocenters. The number of nitrogens with zero attached hydrogens (tertiary/aromatic N) is 3. The number of hydrogen-bond acceptors (Lipinski definition) is 6. The van der Waals surface area contributed by atoms with E-state index in [1.54, 1.807) is 0 Å². The van der Waals surface area contributed by atoms with Gasteiger partial charge in [0.05, 0.1) is 6.04 Å². The Morgan fingerprint density at radius 1 is 1.09 bits per heavy atom. The van der Waals surface area contributed by atoms with Crippen molar-refractivity contribution in [3.8, 4) is 0 Å². The first-order valence-electron chi connectivity index (χ1n) is 12.4. The van der Waals surface area contributed by atoms with E-state index in [1.165, 1.54) is 63.6 Å². The molecule has 2 heterocycles. The third-order valence-corrected chi connectivity index (χ3v) is 7.12. The molecule has 2 aliphatic rings. The number of halogens is 1. The number of nitrogens with one attached hydrogen (secondary N) is 1. The molecule has 7 heteroatoms. The van der Waals surface area contributed by atoms with Gasteiger partial charge in [0, 0.05) is 11.4 Å². The molecule has 1 saturated carbocycles. The summed E-state index contributed by atoms with van der Waals surface area (Å²) in [6.45, 7) is 6.39. The van der Waals surface area contributed by atoms with Crippen molar-refractivity contribution in [2.75, 3.05) is 25.5 Å². The van der Waals surface area contributed by atoms with E-state index in [0.717, 1.165) is 23.6 Å². The Hall–Kier alpha value is -1.92. The van der Waals surface area contributed by atoms with Gasteiger partial charge in [-0.15, -0.1) is 5.10 Å². The van der Waals surface area contributed by atoms with Crippen LogP contribution in [0.1, 0.15) is 76.2 Å². The fourth-order valence-corrected chi connectivity index (χ4v) is 4.74. The lowest BCUT2D eigenvalue weighted by Gasteiger charge is -2.29. The summed E-state index contributed by atoms with van der Waals surface area (Å²) in [6, 6.07) is 8.40. The van der Waals surface area contributed by atoms with E-state index in [2.05, 4.69) is 39.6 Å². The number of likely N-dealkylation sites (tertiary alicyclic amines) is 1. The van der Waals surface area contributed by atoms with Gasteiger partial charge in [0.15, 0.2) is 0 Å². The normalized spacial score (nSPS) is 19.1. The van der Waals surface area contributed by atoms with Crippen molar-refractivity contribution in [2.45, 2.75) is 77.2 Å². The van der Waals surface area contributed by atoms with Crippen molar-refractivity contribution < 1.29 is 9.21 Å². The van der Waals surface area contributed by atoms with Gasteiger partial charge < -0.3 is 19.4 Å². The molecule has 1 aromatic heterocycles. The van der Waals surface area contributed by atoms with Crippen LogP contribution in [0.4, 0.5) is 6.01 Å². The molecule has 1 aliphatic carbocycles. The van der Waals surface area contributed by atoms with Crippen molar-refractivity contribution in [1.29, 1.82) is 0 Å². The number of benzene rings is 1. The van der Waals surface area contributed by atoms with Crippen LogP contribution in [0.3, 0.4) is 0 Å². The molecule has 6 nitrogen and oxygen atoms in total. The largest absolute Gasteiger partial charge is 0.408 e. The lowest BCUT2D eigenvalue weighted by atomic mass is 9.87. The Morgan fingerprint density at radius 2 is 1.76 bits per heavy atom. The zero-order chi connectivity index (χ0) is 23.6. The highest BCUT2D eigenvalue weighted by atomic mass is 35.5. The molecule has 1 saturated heterocycles. The first-order chi connectivity index (χ1) is 15.9. The Kier molecular flexibility index (Phi) is 10.2. The second kappa shape index (κ2) is 13.1. The topological polar surface area (TPSA) is 71.3 Å². The van der Waals surface area contributed by atoms with Crippen molar-refractivity contribution >= 4 is 23.9 Å². The Balaban J connectivity index is 0.000000194. The molecular weight excluding hydrogens is 436 g/mol. The SMILES string of the molecule is CC(C)C(C=O)Nc1nnc(CC2CCCCC2)o1.CN1CCC(c2ccc(Cl)cc2)CC1. The molecule has 0 bridgehead atoms. The third-order valence-electron chi connectivity index (χ3n) is 6.87. The highest BCUT2D eigenvalue weighted by molar-refractivity contribution is 6.30. The highest BCUT2D eigenvalue weighted by Crippen LogP contribution is 2.28. The zero-order valence-corrected chi connectivity index (χ0v) is 21.1. The minimum atomic E-state index is -0.275. The fourth-order valence-electron chi connectivity index (χ4n) is 4.61. The van der Waals surface area contributed by atoms with Crippen LogP contribution < -0.4 is 5.32 Å². The van der Waals surface area contributed by atoms with Gasteiger partial charge in [-0.25, -0.2) is 0 Å². The van der Waals surface area contributed by atoms with Crippen molar-refractivity contribution in [3.05, 3.63) is 40.7 Å².